The summed E-state index contributed by atoms with van der Waals surface area (Å²) in [5, 5.41) is 14.2. The molecule has 1 aromatic rings. The number of rotatable bonds is 11. The van der Waals surface area contributed by atoms with Crippen molar-refractivity contribution in [2.45, 2.75) is 30.6 Å². The fourth-order valence-electron chi connectivity index (χ4n) is 2.29. The van der Waals surface area contributed by atoms with E-state index in [-0.39, 0.29) is 34.9 Å². The van der Waals surface area contributed by atoms with Crippen molar-refractivity contribution in [2.24, 2.45) is 0 Å². The van der Waals surface area contributed by atoms with E-state index < -0.39 is 11.9 Å². The number of benzene rings is 1. The molecule has 0 bridgehead atoms. The van der Waals surface area contributed by atoms with Crippen LogP contribution in [-0.2, 0) is 4.79 Å². The van der Waals surface area contributed by atoms with E-state index in [4.69, 9.17) is 5.11 Å². The van der Waals surface area contributed by atoms with E-state index in [9.17, 15) is 14.4 Å². The van der Waals surface area contributed by atoms with E-state index in [0.29, 0.717) is 5.75 Å². The van der Waals surface area contributed by atoms with E-state index in [1.165, 1.54) is 24.3 Å². The molecule has 144 valence electrons. The van der Waals surface area contributed by atoms with E-state index in [0.717, 1.165) is 25.0 Å². The lowest BCUT2D eigenvalue weighted by molar-refractivity contribution is -0.120. The molecule has 0 aliphatic rings. The average molecular weight is 417 g/mol. The van der Waals surface area contributed by atoms with Crippen LogP contribution >= 0.6 is 37.9 Å². The van der Waals surface area contributed by atoms with Crippen molar-refractivity contribution in [2.75, 3.05) is 18.1 Å². The van der Waals surface area contributed by atoms with E-state index >= 15 is 0 Å². The van der Waals surface area contributed by atoms with Crippen LogP contribution in [0.25, 0.3) is 0 Å². The fourth-order valence-corrected chi connectivity index (χ4v) is 3.31. The van der Waals surface area contributed by atoms with Gasteiger partial charge in [-0.05, 0) is 55.0 Å². The van der Waals surface area contributed by atoms with Gasteiger partial charge in [0, 0.05) is 16.9 Å². The highest BCUT2D eigenvalue weighted by atomic mass is 32.1. The molecule has 6 nitrogen and oxygen atoms in total. The van der Waals surface area contributed by atoms with Crippen molar-refractivity contribution in [3.05, 3.63) is 35.4 Å². The molecular formula is C17H24N2O4S3. The molecule has 2 atom stereocenters. The molecule has 0 heterocycles. The number of carboxylic acids is 1. The Bertz CT molecular complexity index is 611. The normalized spacial score (nSPS) is 12.9. The molecular weight excluding hydrogens is 392 g/mol. The topological polar surface area (TPSA) is 95.5 Å². The Kier molecular flexibility index (Phi) is 10.6. The van der Waals surface area contributed by atoms with Gasteiger partial charge >= 0.3 is 5.97 Å². The second-order valence-corrected chi connectivity index (χ2v) is 7.24. The molecule has 0 saturated heterocycles. The van der Waals surface area contributed by atoms with Crippen molar-refractivity contribution < 1.29 is 19.5 Å². The molecule has 0 aromatic heterocycles. The fraction of sp³-hybridized carbons (Fsp3) is 0.471. The molecule has 1 rings (SSSR count). The van der Waals surface area contributed by atoms with E-state index in [2.05, 4.69) is 48.5 Å². The maximum absolute atomic E-state index is 12.1. The van der Waals surface area contributed by atoms with Crippen LogP contribution in [0.3, 0.4) is 0 Å². The summed E-state index contributed by atoms with van der Waals surface area (Å²) in [6, 6.07) is 5.38. The van der Waals surface area contributed by atoms with Crippen molar-refractivity contribution in [3.63, 3.8) is 0 Å². The third-order valence-electron chi connectivity index (χ3n) is 3.71. The van der Waals surface area contributed by atoms with Gasteiger partial charge in [-0.25, -0.2) is 4.79 Å². The van der Waals surface area contributed by atoms with Crippen LogP contribution in [0.4, 0.5) is 0 Å². The first-order valence-corrected chi connectivity index (χ1v) is 9.97. The molecule has 0 aliphatic carbocycles. The zero-order chi connectivity index (χ0) is 19.5. The van der Waals surface area contributed by atoms with Gasteiger partial charge in [0.15, 0.2) is 0 Å². The van der Waals surface area contributed by atoms with Crippen LogP contribution in [0.1, 0.15) is 40.0 Å². The third kappa shape index (κ3) is 7.92. The molecule has 2 amide bonds. The van der Waals surface area contributed by atoms with Crippen molar-refractivity contribution >= 4 is 55.7 Å². The van der Waals surface area contributed by atoms with Crippen LogP contribution in [0.2, 0.25) is 0 Å². The van der Waals surface area contributed by atoms with E-state index in [1.54, 1.807) is 0 Å². The second kappa shape index (κ2) is 12.1. The van der Waals surface area contributed by atoms with Crippen LogP contribution in [0.5, 0.6) is 0 Å². The average Bonchev–Trinajstić information content (AvgIpc) is 2.63. The standard InChI is InChI=1S/C17H24N2O4S3/c20-15(19-13(2-1-8-24)14(26)7-9-25)10-18-16(21)11-3-5-12(6-4-11)17(22)23/h3-6,13-14,24-26H,1-2,7-10H2,(H,18,21)(H,19,20)(H,22,23). The Balaban J connectivity index is 2.54. The maximum Gasteiger partial charge on any atom is 0.335 e. The first-order valence-electron chi connectivity index (χ1n) is 8.19. The summed E-state index contributed by atoms with van der Waals surface area (Å²) in [5.74, 6) is -0.419. The molecule has 0 radical (unpaired) electrons. The van der Waals surface area contributed by atoms with Gasteiger partial charge in [-0.1, -0.05) is 0 Å². The van der Waals surface area contributed by atoms with Crippen molar-refractivity contribution in [3.8, 4) is 0 Å². The first kappa shape index (κ1) is 22.7. The largest absolute Gasteiger partial charge is 0.478 e. The number of amides is 2. The van der Waals surface area contributed by atoms with Crippen molar-refractivity contribution in [1.29, 1.82) is 0 Å². The van der Waals surface area contributed by atoms with Gasteiger partial charge in [0.05, 0.1) is 12.1 Å². The molecule has 2 unspecified atom stereocenters. The zero-order valence-electron chi connectivity index (χ0n) is 14.2. The lowest BCUT2D eigenvalue weighted by Gasteiger charge is -2.24. The zero-order valence-corrected chi connectivity index (χ0v) is 16.9. The van der Waals surface area contributed by atoms with Gasteiger partial charge in [-0.2, -0.15) is 37.9 Å². The number of carbonyl (C=O) groups is 3. The molecule has 0 aliphatic heterocycles. The van der Waals surface area contributed by atoms with Gasteiger partial charge in [0.2, 0.25) is 5.91 Å². The molecule has 26 heavy (non-hydrogen) atoms. The van der Waals surface area contributed by atoms with Crippen LogP contribution in [0.15, 0.2) is 24.3 Å². The van der Waals surface area contributed by atoms with Gasteiger partial charge in [-0.15, -0.1) is 0 Å². The number of thiol groups is 3. The maximum atomic E-state index is 12.1. The molecule has 1 aromatic carbocycles. The summed E-state index contributed by atoms with van der Waals surface area (Å²) >= 11 is 12.9. The number of carbonyl (C=O) groups excluding carboxylic acids is 2. The molecule has 3 N–H and O–H groups in total. The minimum Gasteiger partial charge on any atom is -0.478 e. The Morgan fingerprint density at radius 1 is 1.00 bits per heavy atom. The van der Waals surface area contributed by atoms with Gasteiger partial charge < -0.3 is 15.7 Å². The van der Waals surface area contributed by atoms with Crippen molar-refractivity contribution in [1.82, 2.24) is 10.6 Å². The van der Waals surface area contributed by atoms with Gasteiger partial charge in [-0.3, -0.25) is 9.59 Å². The summed E-state index contributed by atoms with van der Waals surface area (Å²) in [7, 11) is 0. The first-order chi connectivity index (χ1) is 12.4. The van der Waals surface area contributed by atoms with Gasteiger partial charge in [0.1, 0.15) is 0 Å². The lowest BCUT2D eigenvalue weighted by Crippen LogP contribution is -2.46. The number of nitrogens with one attached hydrogen (secondary N) is 2. The summed E-state index contributed by atoms with van der Waals surface area (Å²) in [6.45, 7) is -0.168. The predicted octanol–water partition coefficient (Wildman–Crippen LogP) is 1.93. The summed E-state index contributed by atoms with van der Waals surface area (Å²) < 4.78 is 0. The second-order valence-electron chi connectivity index (χ2n) is 5.68. The minimum absolute atomic E-state index is 0.0180. The highest BCUT2D eigenvalue weighted by Crippen LogP contribution is 2.13. The smallest absolute Gasteiger partial charge is 0.335 e. The monoisotopic (exact) mass is 416 g/mol. The van der Waals surface area contributed by atoms with Crippen LogP contribution in [-0.4, -0.2) is 52.2 Å². The Morgan fingerprint density at radius 3 is 2.15 bits per heavy atom. The molecule has 0 fully saturated rings. The Morgan fingerprint density at radius 2 is 1.62 bits per heavy atom. The minimum atomic E-state index is -1.06. The highest BCUT2D eigenvalue weighted by molar-refractivity contribution is 7.81. The highest BCUT2D eigenvalue weighted by Gasteiger charge is 2.20. The Hall–Kier alpha value is -1.32. The summed E-state index contributed by atoms with van der Waals surface area (Å²) in [6.07, 6.45) is 2.35. The van der Waals surface area contributed by atoms with Gasteiger partial charge in [0.25, 0.3) is 5.91 Å². The number of carboxylic acid groups (broad SMARTS) is 1. The summed E-state index contributed by atoms with van der Waals surface area (Å²) in [5.41, 5.74) is 0.381. The molecule has 0 saturated carbocycles. The number of hydrogen-bond acceptors (Lipinski definition) is 6. The quantitative estimate of drug-likeness (QED) is 0.311. The number of hydrogen-bond donors (Lipinski definition) is 6. The lowest BCUT2D eigenvalue weighted by atomic mass is 10.1. The SMILES string of the molecule is O=C(CNC(=O)c1ccc(C(=O)O)cc1)NC(CCCS)C(S)CCS. The van der Waals surface area contributed by atoms with Crippen LogP contribution < -0.4 is 10.6 Å². The van der Waals surface area contributed by atoms with E-state index in [1.807, 2.05) is 0 Å². The number of aromatic carboxylic acids is 1. The molecule has 0 spiro atoms. The van der Waals surface area contributed by atoms with Crippen LogP contribution in [0, 0.1) is 0 Å². The summed E-state index contributed by atoms with van der Waals surface area (Å²) in [4.78, 5) is 35.0. The predicted molar refractivity (Wildman–Crippen MR) is 112 cm³/mol. The molecule has 9 heteroatoms. The Labute approximate surface area is 169 Å². The third-order valence-corrected chi connectivity index (χ3v) is 4.91.